The van der Waals surface area contributed by atoms with Crippen LogP contribution in [0, 0.1) is 11.8 Å². The van der Waals surface area contributed by atoms with Crippen molar-refractivity contribution in [1.29, 1.82) is 0 Å². The van der Waals surface area contributed by atoms with Crippen LogP contribution in [0.15, 0.2) is 0 Å². The molecule has 0 heterocycles. The zero-order chi connectivity index (χ0) is 7.84. The van der Waals surface area contributed by atoms with Gasteiger partial charge in [0.15, 0.2) is 0 Å². The van der Waals surface area contributed by atoms with Crippen LogP contribution in [0.3, 0.4) is 0 Å². The molecule has 2 heteroatoms. The summed E-state index contributed by atoms with van der Waals surface area (Å²) in [6.07, 6.45) is 5.08. The first-order chi connectivity index (χ1) is 5.27. The summed E-state index contributed by atoms with van der Waals surface area (Å²) in [6, 6.07) is 0. The van der Waals surface area contributed by atoms with Gasteiger partial charge in [-0.15, -0.1) is 0 Å². The molecule has 2 aliphatic carbocycles. The summed E-state index contributed by atoms with van der Waals surface area (Å²) in [4.78, 5) is 0. The van der Waals surface area contributed by atoms with Gasteiger partial charge in [-0.1, -0.05) is 6.42 Å². The normalized spacial score (nSPS) is 50.7. The van der Waals surface area contributed by atoms with Crippen LogP contribution in [0.1, 0.15) is 32.1 Å². The van der Waals surface area contributed by atoms with E-state index >= 15 is 0 Å². The Hall–Kier alpha value is -0.0800. The van der Waals surface area contributed by atoms with Crippen LogP contribution in [-0.4, -0.2) is 22.4 Å². The van der Waals surface area contributed by atoms with Gasteiger partial charge in [-0.3, -0.25) is 0 Å². The highest BCUT2D eigenvalue weighted by Crippen LogP contribution is 2.42. The third-order valence-corrected chi connectivity index (χ3v) is 3.29. The number of hydrogen-bond donors (Lipinski definition) is 2. The second-order valence-corrected chi connectivity index (χ2v) is 4.05. The van der Waals surface area contributed by atoms with Crippen LogP contribution in [0.4, 0.5) is 0 Å². The van der Waals surface area contributed by atoms with Crippen molar-refractivity contribution in [2.24, 2.45) is 11.8 Å². The monoisotopic (exact) mass is 156 g/mol. The number of rotatable bonds is 1. The van der Waals surface area contributed by atoms with E-state index in [1.54, 1.807) is 0 Å². The fourth-order valence-electron chi connectivity index (χ4n) is 2.50. The van der Waals surface area contributed by atoms with Gasteiger partial charge in [0.25, 0.3) is 0 Å². The van der Waals surface area contributed by atoms with E-state index in [4.69, 9.17) is 5.11 Å². The predicted octanol–water partition coefficient (Wildman–Crippen LogP) is 0.918. The molecule has 2 unspecified atom stereocenters. The van der Waals surface area contributed by atoms with Crippen molar-refractivity contribution in [1.82, 2.24) is 0 Å². The van der Waals surface area contributed by atoms with Crippen LogP contribution in [0.25, 0.3) is 0 Å². The molecule has 64 valence electrons. The van der Waals surface area contributed by atoms with Crippen LogP contribution in [-0.2, 0) is 0 Å². The molecule has 2 aliphatic rings. The van der Waals surface area contributed by atoms with Gasteiger partial charge in [0.1, 0.15) is 0 Å². The number of aliphatic hydroxyl groups is 2. The fraction of sp³-hybridized carbons (Fsp3) is 1.00. The van der Waals surface area contributed by atoms with Gasteiger partial charge in [-0.05, 0) is 37.5 Å². The minimum atomic E-state index is -0.0625. The lowest BCUT2D eigenvalue weighted by Gasteiger charge is -2.37. The van der Waals surface area contributed by atoms with Gasteiger partial charge in [-0.25, -0.2) is 0 Å². The molecule has 0 spiro atoms. The quantitative estimate of drug-likeness (QED) is 0.592. The van der Waals surface area contributed by atoms with E-state index in [2.05, 4.69) is 0 Å². The molecule has 0 aromatic carbocycles. The van der Waals surface area contributed by atoms with Crippen molar-refractivity contribution in [3.05, 3.63) is 0 Å². The Kier molecular flexibility index (Phi) is 1.90. The average Bonchev–Trinajstić information content (AvgIpc) is 2.29. The van der Waals surface area contributed by atoms with E-state index < -0.39 is 0 Å². The molecule has 0 saturated heterocycles. The Balaban J connectivity index is 1.85. The molecule has 2 saturated carbocycles. The zero-order valence-electron chi connectivity index (χ0n) is 6.74. The first-order valence-electron chi connectivity index (χ1n) is 4.63. The average molecular weight is 156 g/mol. The molecule has 2 N–H and O–H groups in total. The molecule has 2 atom stereocenters. The third-order valence-electron chi connectivity index (χ3n) is 3.29. The van der Waals surface area contributed by atoms with Crippen molar-refractivity contribution in [3.8, 4) is 0 Å². The summed E-state index contributed by atoms with van der Waals surface area (Å²) >= 11 is 0. The Morgan fingerprint density at radius 1 is 1.00 bits per heavy atom. The van der Waals surface area contributed by atoms with Gasteiger partial charge < -0.3 is 10.2 Å². The lowest BCUT2D eigenvalue weighted by atomic mass is 9.72. The zero-order valence-corrected chi connectivity index (χ0v) is 6.74. The molecule has 0 amide bonds. The Morgan fingerprint density at radius 2 is 1.73 bits per heavy atom. The smallest absolute Gasteiger partial charge is 0.0571 e. The molecular formula is C9H16O2. The molecule has 0 bridgehead atoms. The molecule has 0 aliphatic heterocycles. The summed E-state index contributed by atoms with van der Waals surface area (Å²) in [5.74, 6) is 1.14. The fourth-order valence-corrected chi connectivity index (χ4v) is 2.50. The topological polar surface area (TPSA) is 40.5 Å². The van der Waals surface area contributed by atoms with Crippen LogP contribution < -0.4 is 0 Å². The van der Waals surface area contributed by atoms with Gasteiger partial charge >= 0.3 is 0 Å². The van der Waals surface area contributed by atoms with Gasteiger partial charge in [0, 0.05) is 0 Å². The third kappa shape index (κ3) is 1.30. The molecule has 2 fully saturated rings. The van der Waals surface area contributed by atoms with E-state index in [9.17, 15) is 5.11 Å². The van der Waals surface area contributed by atoms with E-state index in [0.717, 1.165) is 19.3 Å². The van der Waals surface area contributed by atoms with Crippen LogP contribution >= 0.6 is 0 Å². The van der Waals surface area contributed by atoms with Gasteiger partial charge in [0.2, 0.25) is 0 Å². The Morgan fingerprint density at radius 3 is 2.18 bits per heavy atom. The largest absolute Gasteiger partial charge is 0.393 e. The lowest BCUT2D eigenvalue weighted by molar-refractivity contribution is -0.0165. The predicted molar refractivity (Wildman–Crippen MR) is 42.1 cm³/mol. The minimum absolute atomic E-state index is 0.0622. The molecule has 11 heavy (non-hydrogen) atoms. The highest BCUT2D eigenvalue weighted by Gasteiger charge is 2.39. The first kappa shape index (κ1) is 7.56. The van der Waals surface area contributed by atoms with E-state index in [1.165, 1.54) is 12.8 Å². The second kappa shape index (κ2) is 2.76. The maximum absolute atomic E-state index is 9.53. The van der Waals surface area contributed by atoms with Gasteiger partial charge in [0.05, 0.1) is 12.2 Å². The SMILES string of the molecule is OC1CC(C2CCCC2O)C1. The van der Waals surface area contributed by atoms with Crippen molar-refractivity contribution in [2.75, 3.05) is 0 Å². The van der Waals surface area contributed by atoms with E-state index in [1.807, 2.05) is 0 Å². The molecule has 0 radical (unpaired) electrons. The van der Waals surface area contributed by atoms with Gasteiger partial charge in [-0.2, -0.15) is 0 Å². The second-order valence-electron chi connectivity index (χ2n) is 4.05. The van der Waals surface area contributed by atoms with Crippen LogP contribution in [0.5, 0.6) is 0 Å². The Bertz CT molecular complexity index is 140. The van der Waals surface area contributed by atoms with Crippen molar-refractivity contribution < 1.29 is 10.2 Å². The van der Waals surface area contributed by atoms with Crippen molar-refractivity contribution in [3.63, 3.8) is 0 Å². The maximum Gasteiger partial charge on any atom is 0.0571 e. The summed E-state index contributed by atoms with van der Waals surface area (Å²) in [6.45, 7) is 0. The first-order valence-corrected chi connectivity index (χ1v) is 4.63. The Labute approximate surface area is 67.2 Å². The summed E-state index contributed by atoms with van der Waals surface area (Å²) in [5, 5.41) is 18.6. The van der Waals surface area contributed by atoms with Crippen molar-refractivity contribution >= 4 is 0 Å². The molecular weight excluding hydrogens is 140 g/mol. The molecule has 2 rings (SSSR count). The number of aliphatic hydroxyl groups excluding tert-OH is 2. The lowest BCUT2D eigenvalue weighted by Crippen LogP contribution is -2.36. The maximum atomic E-state index is 9.53. The minimum Gasteiger partial charge on any atom is -0.393 e. The highest BCUT2D eigenvalue weighted by molar-refractivity contribution is 4.90. The molecule has 0 aromatic rings. The van der Waals surface area contributed by atoms with E-state index in [-0.39, 0.29) is 12.2 Å². The molecule has 2 nitrogen and oxygen atoms in total. The van der Waals surface area contributed by atoms with Crippen LogP contribution in [0.2, 0.25) is 0 Å². The molecule has 0 aromatic heterocycles. The highest BCUT2D eigenvalue weighted by atomic mass is 16.3. The summed E-state index contributed by atoms with van der Waals surface area (Å²) in [5.41, 5.74) is 0. The standard InChI is InChI=1S/C9H16O2/c10-7-4-6(5-7)8-2-1-3-9(8)11/h6-11H,1-5H2. The summed E-state index contributed by atoms with van der Waals surface area (Å²) < 4.78 is 0. The van der Waals surface area contributed by atoms with Crippen molar-refractivity contribution in [2.45, 2.75) is 44.3 Å². The summed E-state index contributed by atoms with van der Waals surface area (Å²) in [7, 11) is 0. The number of hydrogen-bond acceptors (Lipinski definition) is 2. The van der Waals surface area contributed by atoms with E-state index in [0.29, 0.717) is 11.8 Å².